The van der Waals surface area contributed by atoms with Crippen molar-refractivity contribution in [2.24, 2.45) is 13.9 Å². The molecule has 37 heavy (non-hydrogen) atoms. The number of hydrogen-bond acceptors (Lipinski definition) is 7. The minimum Gasteiger partial charge on any atom is -0.402 e. The minimum absolute atomic E-state index is 0.00471. The van der Waals surface area contributed by atoms with E-state index in [4.69, 9.17) is 10.7 Å². The van der Waals surface area contributed by atoms with Gasteiger partial charge in [0.1, 0.15) is 27.1 Å². The molecule has 0 spiro atoms. The number of piperazine rings is 1. The molecule has 190 valence electrons. The highest BCUT2D eigenvalue weighted by Crippen LogP contribution is 2.34. The zero-order chi connectivity index (χ0) is 25.9. The van der Waals surface area contributed by atoms with E-state index in [0.29, 0.717) is 49.0 Å². The molecule has 0 atom stereocenters. The van der Waals surface area contributed by atoms with Gasteiger partial charge in [-0.15, -0.1) is 0 Å². The summed E-state index contributed by atoms with van der Waals surface area (Å²) in [5.74, 6) is -0.925. The zero-order valence-electron chi connectivity index (χ0n) is 19.9. The van der Waals surface area contributed by atoms with Gasteiger partial charge in [-0.1, -0.05) is 18.2 Å². The van der Waals surface area contributed by atoms with Gasteiger partial charge in [0.15, 0.2) is 11.6 Å². The second-order valence-electron chi connectivity index (χ2n) is 8.47. The molecule has 0 radical (unpaired) electrons. The molecule has 2 aliphatic heterocycles. The average Bonchev–Trinajstić information content (AvgIpc) is 3.60. The molecule has 10 nitrogen and oxygen atoms in total. The van der Waals surface area contributed by atoms with Crippen molar-refractivity contribution in [3.05, 3.63) is 78.3 Å². The number of amides is 1. The fourth-order valence-corrected chi connectivity index (χ4v) is 5.57. The van der Waals surface area contributed by atoms with Crippen LogP contribution in [0, 0.1) is 5.82 Å². The average molecular weight is 614 g/mol. The van der Waals surface area contributed by atoms with Gasteiger partial charge in [-0.2, -0.15) is 0 Å². The number of para-hydroxylation sites is 1. The summed E-state index contributed by atoms with van der Waals surface area (Å²) < 4.78 is 20.8. The van der Waals surface area contributed by atoms with Crippen LogP contribution in [0.5, 0.6) is 0 Å². The number of hydrogen-bond donors (Lipinski definition) is 2. The Labute approximate surface area is 222 Å². The summed E-state index contributed by atoms with van der Waals surface area (Å²) in [7, 11) is 0. The molecule has 0 aliphatic carbocycles. The van der Waals surface area contributed by atoms with Gasteiger partial charge < -0.3 is 20.5 Å². The second kappa shape index (κ2) is 10.6. The van der Waals surface area contributed by atoms with E-state index in [2.05, 4.69) is 13.1 Å². The van der Waals surface area contributed by atoms with E-state index in [0.717, 1.165) is 11.9 Å². The van der Waals surface area contributed by atoms with Crippen LogP contribution in [0.4, 0.5) is 15.9 Å². The van der Waals surface area contributed by atoms with Crippen molar-refractivity contribution in [1.82, 2.24) is 19.8 Å². The third kappa shape index (κ3) is 5.14. The molecule has 1 amide bonds. The Kier molecular flexibility index (Phi) is 7.08. The van der Waals surface area contributed by atoms with Crippen molar-refractivity contribution >= 4 is 61.2 Å². The van der Waals surface area contributed by atoms with Crippen molar-refractivity contribution in [1.29, 1.82) is 0 Å². The number of fused-ring (bicyclic) bond motifs is 1. The lowest BCUT2D eigenvalue weighted by Crippen LogP contribution is -2.52. The predicted molar refractivity (Wildman–Crippen MR) is 148 cm³/mol. The Bertz CT molecular complexity index is 1460. The van der Waals surface area contributed by atoms with E-state index in [9.17, 15) is 14.0 Å². The van der Waals surface area contributed by atoms with Crippen LogP contribution in [0.1, 0.15) is 17.3 Å². The maximum absolute atomic E-state index is 14.8. The number of aromatic nitrogens is 2. The number of rotatable bonds is 5. The minimum atomic E-state index is -0.761. The number of nitrogens with two attached hydrogens (primary N) is 1. The first-order valence-corrected chi connectivity index (χ1v) is 13.5. The lowest BCUT2D eigenvalue weighted by atomic mass is 10.1. The van der Waals surface area contributed by atoms with Gasteiger partial charge in [0.05, 0.1) is 34.6 Å². The van der Waals surface area contributed by atoms with Crippen molar-refractivity contribution in [3.63, 3.8) is 0 Å². The standard InChI is InChI=1S/C25H24FIN8O2/c1-16(28)13-20(32-17-5-3-2-4-6-17)33-9-11-34(12-10-33)25(37)23(36)18-14-29-22-21(18)19(26)15-30-24(22)35-8-7-31-27-35/h2-8,13-15,29H,9-12,28H2,1H3. The Morgan fingerprint density at radius 3 is 2.57 bits per heavy atom. The maximum atomic E-state index is 14.8. The van der Waals surface area contributed by atoms with Crippen molar-refractivity contribution in [2.75, 3.05) is 29.3 Å². The largest absolute Gasteiger partial charge is 0.402 e. The van der Waals surface area contributed by atoms with E-state index < -0.39 is 38.8 Å². The van der Waals surface area contributed by atoms with E-state index in [1.807, 2.05) is 38.3 Å². The number of carbonyl (C=O) groups is 2. The molecule has 1 aromatic carbocycles. The third-order valence-corrected chi connectivity index (χ3v) is 7.72. The van der Waals surface area contributed by atoms with Crippen LogP contribution >= 0.6 is 21.3 Å². The quantitative estimate of drug-likeness (QED) is 0.112. The number of carbonyl (C=O) groups excluding carboxylic acids is 2. The summed E-state index contributed by atoms with van der Waals surface area (Å²) in [5.41, 5.74) is 7.69. The molecule has 1 fully saturated rings. The third-order valence-electron chi connectivity index (χ3n) is 5.91. The molecule has 0 bridgehead atoms. The first kappa shape index (κ1) is 24.7. The molecule has 3 aromatic rings. The first-order chi connectivity index (χ1) is 17.9. The molecule has 12 heteroatoms. The van der Waals surface area contributed by atoms with Crippen molar-refractivity contribution in [3.8, 4) is 0 Å². The van der Waals surface area contributed by atoms with E-state index in [-0.39, 0.29) is 10.9 Å². The topological polar surface area (TPSA) is 123 Å². The number of aromatic amines is 1. The number of benzene rings is 1. The predicted octanol–water partition coefficient (Wildman–Crippen LogP) is 3.98. The van der Waals surface area contributed by atoms with Crippen LogP contribution in [-0.2, 0) is 4.79 Å². The number of amidine groups is 1. The number of anilines is 1. The van der Waals surface area contributed by atoms with E-state index >= 15 is 0 Å². The highest BCUT2D eigenvalue weighted by Gasteiger charge is 2.31. The Morgan fingerprint density at radius 1 is 1.16 bits per heavy atom. The zero-order valence-corrected chi connectivity index (χ0v) is 22.1. The molecule has 2 aromatic heterocycles. The molecular formula is C25H24FIN8O2. The van der Waals surface area contributed by atoms with Crippen molar-refractivity contribution < 1.29 is 14.0 Å². The highest BCUT2D eigenvalue weighted by atomic mass is 127. The Balaban J connectivity index is 1.33. The molecule has 3 N–H and O–H groups in total. The Morgan fingerprint density at radius 2 is 1.89 bits per heavy atom. The first-order valence-electron chi connectivity index (χ1n) is 11.5. The smallest absolute Gasteiger partial charge is 0.295 e. The van der Waals surface area contributed by atoms with E-state index in [1.165, 1.54) is 11.1 Å². The number of H-pyrrole nitrogens is 1. The number of Topliss-reactive ketones (excluding diaryl/α,β-unsaturated/α-hetero) is 1. The summed E-state index contributed by atoms with van der Waals surface area (Å²) >= 11 is -0.694. The number of halogens is 2. The molecular weight excluding hydrogens is 590 g/mol. The van der Waals surface area contributed by atoms with Gasteiger partial charge in [0.2, 0.25) is 0 Å². The second-order valence-corrected chi connectivity index (χ2v) is 10.5. The SMILES string of the molecule is CC(N)=CC(=Nc1ccccc1)N1CCN(C(=O)C(=O)c2c[nH]c3c(N4C=CN=I4)ncc(F)c23)CC1. The fraction of sp³-hybridized carbons (Fsp3) is 0.200. The monoisotopic (exact) mass is 614 g/mol. The lowest BCUT2D eigenvalue weighted by molar-refractivity contribution is -0.127. The summed E-state index contributed by atoms with van der Waals surface area (Å²) in [6.07, 6.45) is 7.67. The fourth-order valence-electron chi connectivity index (χ4n) is 4.15. The van der Waals surface area contributed by atoms with Crippen LogP contribution < -0.4 is 8.85 Å². The number of ketones is 1. The summed E-state index contributed by atoms with van der Waals surface area (Å²) in [5, 5.41) is 0.0622. The lowest BCUT2D eigenvalue weighted by Gasteiger charge is -2.35. The van der Waals surface area contributed by atoms with Gasteiger partial charge >= 0.3 is 0 Å². The highest BCUT2D eigenvalue weighted by molar-refractivity contribution is 14.2. The molecule has 1 saturated heterocycles. The molecule has 0 unspecified atom stereocenters. The molecule has 5 rings (SSSR count). The molecule has 0 saturated carbocycles. The summed E-state index contributed by atoms with van der Waals surface area (Å²) in [6, 6.07) is 9.53. The Hall–Kier alpha value is -3.94. The van der Waals surface area contributed by atoms with Crippen LogP contribution in [0.2, 0.25) is 0 Å². The molecule has 2 aliphatic rings. The number of nitrogens with one attached hydrogen (secondary N) is 1. The maximum Gasteiger partial charge on any atom is 0.295 e. The number of nitrogens with zero attached hydrogens (tertiary/aromatic N) is 6. The number of pyridine rings is 1. The summed E-state index contributed by atoms with van der Waals surface area (Å²) in [4.78, 5) is 41.7. The van der Waals surface area contributed by atoms with Gasteiger partial charge in [-0.3, -0.25) is 12.7 Å². The van der Waals surface area contributed by atoms with Gasteiger partial charge in [0, 0.05) is 44.3 Å². The normalized spacial score (nSPS) is 16.4. The van der Waals surface area contributed by atoms with Crippen LogP contribution in [0.3, 0.4) is 0 Å². The van der Waals surface area contributed by atoms with Crippen LogP contribution in [0.25, 0.3) is 10.9 Å². The van der Waals surface area contributed by atoms with Crippen LogP contribution in [-0.4, -0.2) is 63.5 Å². The van der Waals surface area contributed by atoms with Gasteiger partial charge in [-0.25, -0.2) is 17.5 Å². The number of aliphatic imine (C=N–C) groups is 1. The summed E-state index contributed by atoms with van der Waals surface area (Å²) in [6.45, 7) is 3.37. The van der Waals surface area contributed by atoms with Crippen LogP contribution in [0.15, 0.2) is 75.0 Å². The van der Waals surface area contributed by atoms with Gasteiger partial charge in [-0.05, 0) is 25.1 Å². The van der Waals surface area contributed by atoms with Crippen molar-refractivity contribution in [2.45, 2.75) is 6.92 Å². The van der Waals surface area contributed by atoms with Gasteiger partial charge in [0.25, 0.3) is 11.7 Å². The number of allylic oxidation sites excluding steroid dienone is 1. The van der Waals surface area contributed by atoms with E-state index in [1.54, 1.807) is 25.4 Å². The molecule has 4 heterocycles.